The lowest BCUT2D eigenvalue weighted by Crippen LogP contribution is -2.38. The van der Waals surface area contributed by atoms with E-state index in [1.807, 2.05) is 6.92 Å². The smallest absolute Gasteiger partial charge is 0.160 e. The van der Waals surface area contributed by atoms with E-state index in [4.69, 9.17) is 9.47 Å². The van der Waals surface area contributed by atoms with Crippen LogP contribution in [0.2, 0.25) is 0 Å². The molecule has 2 rings (SSSR count). The fraction of sp³-hybridized carbons (Fsp3) is 0.583. The molecule has 0 unspecified atom stereocenters. The molecule has 0 saturated carbocycles. The van der Waals surface area contributed by atoms with Gasteiger partial charge in [-0.3, -0.25) is 4.79 Å². The number of rotatable bonds is 4. The maximum Gasteiger partial charge on any atom is 0.160 e. The van der Waals surface area contributed by atoms with Gasteiger partial charge in [0.15, 0.2) is 12.1 Å². The third-order valence-electron chi connectivity index (χ3n) is 2.94. The lowest BCUT2D eigenvalue weighted by atomic mass is 9.93. The molecule has 0 radical (unpaired) electrons. The quantitative estimate of drug-likeness (QED) is 0.738. The van der Waals surface area contributed by atoms with E-state index in [9.17, 15) is 4.79 Å². The standard InChI is InChI=1S/C12H16N2O3/c1-2-17-12(3-5-16-6-4-12)11-13-7-10(9-15)8-14-11/h7-9H,2-6H2,1H3. The topological polar surface area (TPSA) is 61.3 Å². The minimum atomic E-state index is -0.450. The zero-order valence-corrected chi connectivity index (χ0v) is 9.89. The number of aldehydes is 1. The maximum absolute atomic E-state index is 10.6. The maximum atomic E-state index is 10.6. The van der Waals surface area contributed by atoms with E-state index < -0.39 is 5.60 Å². The Labute approximate surface area is 100 Å². The van der Waals surface area contributed by atoms with E-state index in [0.29, 0.717) is 31.2 Å². The molecule has 1 aromatic heterocycles. The monoisotopic (exact) mass is 236 g/mol. The van der Waals surface area contributed by atoms with Crippen molar-refractivity contribution < 1.29 is 14.3 Å². The molecule has 0 aliphatic carbocycles. The van der Waals surface area contributed by atoms with Crippen LogP contribution in [0.4, 0.5) is 0 Å². The Morgan fingerprint density at radius 3 is 2.59 bits per heavy atom. The van der Waals surface area contributed by atoms with E-state index in [1.54, 1.807) is 0 Å². The Morgan fingerprint density at radius 2 is 2.06 bits per heavy atom. The highest BCUT2D eigenvalue weighted by molar-refractivity contribution is 5.73. The molecule has 92 valence electrons. The summed E-state index contributed by atoms with van der Waals surface area (Å²) in [6.07, 6.45) is 5.31. The third-order valence-corrected chi connectivity index (χ3v) is 2.94. The van der Waals surface area contributed by atoms with Crippen molar-refractivity contribution in [3.05, 3.63) is 23.8 Å². The van der Waals surface area contributed by atoms with Gasteiger partial charge in [0.2, 0.25) is 0 Å². The molecular formula is C12H16N2O3. The molecule has 0 bridgehead atoms. The average molecular weight is 236 g/mol. The highest BCUT2D eigenvalue weighted by Gasteiger charge is 2.37. The number of hydrogen-bond donors (Lipinski definition) is 0. The largest absolute Gasteiger partial charge is 0.381 e. The van der Waals surface area contributed by atoms with Crippen LogP contribution in [0, 0.1) is 0 Å². The minimum Gasteiger partial charge on any atom is -0.381 e. The summed E-state index contributed by atoms with van der Waals surface area (Å²) >= 11 is 0. The molecule has 0 spiro atoms. The lowest BCUT2D eigenvalue weighted by Gasteiger charge is -2.35. The summed E-state index contributed by atoms with van der Waals surface area (Å²) in [5.41, 5.74) is 0.0291. The molecular weight excluding hydrogens is 220 g/mol. The van der Waals surface area contributed by atoms with Crippen LogP contribution in [0.15, 0.2) is 12.4 Å². The van der Waals surface area contributed by atoms with Crippen LogP contribution >= 0.6 is 0 Å². The number of aromatic nitrogens is 2. The van der Waals surface area contributed by atoms with Gasteiger partial charge in [-0.2, -0.15) is 0 Å². The summed E-state index contributed by atoms with van der Waals surface area (Å²) in [6.45, 7) is 3.87. The zero-order valence-electron chi connectivity index (χ0n) is 9.89. The highest BCUT2D eigenvalue weighted by atomic mass is 16.5. The van der Waals surface area contributed by atoms with Gasteiger partial charge in [0.1, 0.15) is 5.60 Å². The van der Waals surface area contributed by atoms with Crippen LogP contribution in [-0.4, -0.2) is 36.1 Å². The number of ether oxygens (including phenoxy) is 2. The summed E-state index contributed by atoms with van der Waals surface area (Å²) < 4.78 is 11.2. The molecule has 1 aliphatic rings. The molecule has 0 N–H and O–H groups in total. The van der Waals surface area contributed by atoms with E-state index in [1.165, 1.54) is 12.4 Å². The predicted octanol–water partition coefficient (Wildman–Crippen LogP) is 1.33. The van der Waals surface area contributed by atoms with Crippen molar-refractivity contribution in [2.75, 3.05) is 19.8 Å². The minimum absolute atomic E-state index is 0.450. The Hall–Kier alpha value is -1.33. The fourth-order valence-corrected chi connectivity index (χ4v) is 2.04. The fourth-order valence-electron chi connectivity index (χ4n) is 2.04. The zero-order chi connectivity index (χ0) is 12.1. The van der Waals surface area contributed by atoms with Crippen LogP contribution in [-0.2, 0) is 15.1 Å². The number of nitrogens with zero attached hydrogens (tertiary/aromatic N) is 2. The highest BCUT2D eigenvalue weighted by Crippen LogP contribution is 2.33. The molecule has 0 aromatic carbocycles. The SMILES string of the molecule is CCOC1(c2ncc(C=O)cn2)CCOCC1. The molecule has 2 heterocycles. The van der Waals surface area contributed by atoms with Gasteiger partial charge in [-0.1, -0.05) is 0 Å². The summed E-state index contributed by atoms with van der Waals surface area (Å²) in [4.78, 5) is 19.1. The molecule has 1 saturated heterocycles. The van der Waals surface area contributed by atoms with Gasteiger partial charge >= 0.3 is 0 Å². The molecule has 1 aromatic rings. The number of carbonyl (C=O) groups is 1. The second-order valence-corrected chi connectivity index (χ2v) is 4.00. The summed E-state index contributed by atoms with van der Waals surface area (Å²) in [6, 6.07) is 0. The van der Waals surface area contributed by atoms with Crippen LogP contribution in [0.5, 0.6) is 0 Å². The molecule has 5 heteroatoms. The number of carbonyl (C=O) groups excluding carboxylic acids is 1. The van der Waals surface area contributed by atoms with Gasteiger partial charge < -0.3 is 9.47 Å². The van der Waals surface area contributed by atoms with Crippen LogP contribution < -0.4 is 0 Å². The van der Waals surface area contributed by atoms with E-state index in [2.05, 4.69) is 9.97 Å². The second-order valence-electron chi connectivity index (χ2n) is 4.00. The van der Waals surface area contributed by atoms with Gasteiger partial charge in [-0.15, -0.1) is 0 Å². The molecule has 5 nitrogen and oxygen atoms in total. The Balaban J connectivity index is 2.27. The Kier molecular flexibility index (Phi) is 3.81. The molecule has 0 amide bonds. The van der Waals surface area contributed by atoms with Crippen molar-refractivity contribution in [3.63, 3.8) is 0 Å². The van der Waals surface area contributed by atoms with Crippen molar-refractivity contribution in [2.45, 2.75) is 25.4 Å². The Morgan fingerprint density at radius 1 is 1.41 bits per heavy atom. The third kappa shape index (κ3) is 2.50. The molecule has 17 heavy (non-hydrogen) atoms. The first-order valence-electron chi connectivity index (χ1n) is 5.80. The van der Waals surface area contributed by atoms with E-state index in [0.717, 1.165) is 19.1 Å². The predicted molar refractivity (Wildman–Crippen MR) is 60.8 cm³/mol. The van der Waals surface area contributed by atoms with Crippen molar-refractivity contribution in [3.8, 4) is 0 Å². The summed E-state index contributed by atoms with van der Waals surface area (Å²) in [5, 5.41) is 0. The number of hydrogen-bond acceptors (Lipinski definition) is 5. The van der Waals surface area contributed by atoms with Crippen LogP contribution in [0.3, 0.4) is 0 Å². The Bertz CT molecular complexity index is 366. The average Bonchev–Trinajstić information content (AvgIpc) is 2.40. The molecule has 0 atom stereocenters. The summed E-state index contributed by atoms with van der Waals surface area (Å²) in [7, 11) is 0. The first-order valence-corrected chi connectivity index (χ1v) is 5.80. The van der Waals surface area contributed by atoms with Gasteiger partial charge in [0, 0.05) is 45.1 Å². The normalized spacial score (nSPS) is 18.9. The van der Waals surface area contributed by atoms with E-state index in [-0.39, 0.29) is 0 Å². The first-order chi connectivity index (χ1) is 8.30. The first kappa shape index (κ1) is 12.1. The van der Waals surface area contributed by atoms with Crippen molar-refractivity contribution in [1.82, 2.24) is 9.97 Å². The van der Waals surface area contributed by atoms with Crippen molar-refractivity contribution in [2.24, 2.45) is 0 Å². The molecule has 1 fully saturated rings. The van der Waals surface area contributed by atoms with Crippen molar-refractivity contribution >= 4 is 6.29 Å². The van der Waals surface area contributed by atoms with Gasteiger partial charge in [-0.25, -0.2) is 9.97 Å². The van der Waals surface area contributed by atoms with Crippen LogP contribution in [0.1, 0.15) is 35.9 Å². The van der Waals surface area contributed by atoms with Crippen molar-refractivity contribution in [1.29, 1.82) is 0 Å². The van der Waals surface area contributed by atoms with Gasteiger partial charge in [0.25, 0.3) is 0 Å². The van der Waals surface area contributed by atoms with E-state index >= 15 is 0 Å². The summed E-state index contributed by atoms with van der Waals surface area (Å²) in [5.74, 6) is 0.647. The second kappa shape index (κ2) is 5.33. The van der Waals surface area contributed by atoms with Gasteiger partial charge in [0.05, 0.1) is 5.56 Å². The molecule has 1 aliphatic heterocycles. The lowest BCUT2D eigenvalue weighted by molar-refractivity contribution is -0.117. The van der Waals surface area contributed by atoms with Crippen LogP contribution in [0.25, 0.3) is 0 Å². The van der Waals surface area contributed by atoms with Gasteiger partial charge in [-0.05, 0) is 6.92 Å².